The van der Waals surface area contributed by atoms with Gasteiger partial charge in [-0.05, 0) is 49.1 Å². The summed E-state index contributed by atoms with van der Waals surface area (Å²) in [5, 5.41) is 8.91. The molecule has 0 spiro atoms. The van der Waals surface area contributed by atoms with Gasteiger partial charge in [-0.1, -0.05) is 6.07 Å². The Labute approximate surface area is 130 Å². The number of carboxylic acids is 1. The Kier molecular flexibility index (Phi) is 5.03. The maximum absolute atomic E-state index is 13.9. The fourth-order valence-corrected chi connectivity index (χ4v) is 2.36. The van der Waals surface area contributed by atoms with Crippen molar-refractivity contribution in [3.63, 3.8) is 0 Å². The van der Waals surface area contributed by atoms with Crippen LogP contribution in [0.3, 0.4) is 0 Å². The van der Waals surface area contributed by atoms with E-state index in [-0.39, 0.29) is 5.75 Å². The number of halogens is 2. The maximum Gasteiger partial charge on any atom is 0.344 e. The normalized spacial score (nSPS) is 12.0. The largest absolute Gasteiger partial charge is 0.479 e. The van der Waals surface area contributed by atoms with Gasteiger partial charge in [-0.25, -0.2) is 13.6 Å². The first kappa shape index (κ1) is 16.3. The van der Waals surface area contributed by atoms with Gasteiger partial charge in [0.1, 0.15) is 17.4 Å². The van der Waals surface area contributed by atoms with Gasteiger partial charge in [0, 0.05) is 10.5 Å². The lowest BCUT2D eigenvalue weighted by atomic mass is 10.0. The van der Waals surface area contributed by atoms with Gasteiger partial charge in [-0.15, -0.1) is 11.8 Å². The summed E-state index contributed by atoms with van der Waals surface area (Å²) in [5.41, 5.74) is 0.724. The van der Waals surface area contributed by atoms with Gasteiger partial charge in [-0.3, -0.25) is 0 Å². The zero-order valence-corrected chi connectivity index (χ0v) is 12.8. The number of aliphatic carboxylic acids is 1. The summed E-state index contributed by atoms with van der Waals surface area (Å²) < 4.78 is 32.7. The molecule has 3 nitrogen and oxygen atoms in total. The molecule has 0 fully saturated rings. The third-order valence-corrected chi connectivity index (χ3v) is 3.83. The van der Waals surface area contributed by atoms with Gasteiger partial charge < -0.3 is 9.84 Å². The molecule has 0 radical (unpaired) electrons. The molecule has 0 heterocycles. The van der Waals surface area contributed by atoms with Crippen molar-refractivity contribution >= 4 is 17.7 Å². The molecular formula is C16H14F2O3S. The summed E-state index contributed by atoms with van der Waals surface area (Å²) in [6, 6.07) is 8.20. The monoisotopic (exact) mass is 324 g/mol. The van der Waals surface area contributed by atoms with Crippen molar-refractivity contribution in [2.45, 2.75) is 17.9 Å². The molecule has 0 bridgehead atoms. The van der Waals surface area contributed by atoms with Crippen LogP contribution in [0, 0.1) is 11.6 Å². The number of benzene rings is 2. The number of rotatable bonds is 5. The van der Waals surface area contributed by atoms with Gasteiger partial charge >= 0.3 is 5.97 Å². The van der Waals surface area contributed by atoms with E-state index in [1.54, 1.807) is 18.4 Å². The van der Waals surface area contributed by atoms with Crippen LogP contribution in [0.5, 0.6) is 5.75 Å². The second kappa shape index (κ2) is 6.79. The molecule has 6 heteroatoms. The number of hydrogen-bond acceptors (Lipinski definition) is 3. The minimum absolute atomic E-state index is 0.188. The van der Waals surface area contributed by atoms with E-state index in [0.717, 1.165) is 0 Å². The van der Waals surface area contributed by atoms with Crippen molar-refractivity contribution in [2.24, 2.45) is 0 Å². The highest BCUT2D eigenvalue weighted by Gasteiger charge is 2.17. The van der Waals surface area contributed by atoms with Crippen molar-refractivity contribution in [3.8, 4) is 16.9 Å². The molecule has 1 unspecified atom stereocenters. The van der Waals surface area contributed by atoms with Crippen LogP contribution in [0.25, 0.3) is 11.1 Å². The molecule has 0 aromatic heterocycles. The molecule has 116 valence electrons. The lowest BCUT2D eigenvalue weighted by molar-refractivity contribution is -0.144. The van der Waals surface area contributed by atoms with Crippen molar-refractivity contribution < 1.29 is 23.4 Å². The number of thioether (sulfide) groups is 1. The third-order valence-electron chi connectivity index (χ3n) is 3.06. The molecule has 2 aromatic rings. The Balaban J connectivity index is 2.47. The highest BCUT2D eigenvalue weighted by molar-refractivity contribution is 7.98. The Morgan fingerprint density at radius 3 is 2.55 bits per heavy atom. The number of hydrogen-bond donors (Lipinski definition) is 1. The minimum atomic E-state index is -1.14. The molecule has 0 amide bonds. The lowest BCUT2D eigenvalue weighted by Gasteiger charge is -2.15. The molecule has 0 aliphatic rings. The smallest absolute Gasteiger partial charge is 0.344 e. The van der Waals surface area contributed by atoms with E-state index < -0.39 is 23.7 Å². The molecule has 0 aliphatic carbocycles. The second-order valence-corrected chi connectivity index (χ2v) is 5.44. The molecule has 0 saturated heterocycles. The van der Waals surface area contributed by atoms with Gasteiger partial charge in [0.25, 0.3) is 0 Å². The minimum Gasteiger partial charge on any atom is -0.479 e. The standard InChI is InChI=1S/C16H14F2O3S/c1-9(16(19)20)21-14-5-4-11(17)8-12(14)10-3-6-15(22-2)13(18)7-10/h3-9H,1-2H3,(H,19,20). The Bertz CT molecular complexity index is 704. The van der Waals surface area contributed by atoms with Crippen LogP contribution in [0.4, 0.5) is 8.78 Å². The van der Waals surface area contributed by atoms with Gasteiger partial charge in [0.05, 0.1) is 0 Å². The van der Waals surface area contributed by atoms with Crippen molar-refractivity contribution in [2.75, 3.05) is 6.26 Å². The molecular weight excluding hydrogens is 310 g/mol. The Morgan fingerprint density at radius 1 is 1.23 bits per heavy atom. The van der Waals surface area contributed by atoms with E-state index in [4.69, 9.17) is 9.84 Å². The summed E-state index contributed by atoms with van der Waals surface area (Å²) in [6.45, 7) is 1.37. The van der Waals surface area contributed by atoms with E-state index in [0.29, 0.717) is 16.0 Å². The summed E-state index contributed by atoms with van der Waals surface area (Å²) in [7, 11) is 0. The third kappa shape index (κ3) is 3.57. The first-order valence-corrected chi connectivity index (χ1v) is 7.67. The second-order valence-electron chi connectivity index (χ2n) is 4.59. The van der Waals surface area contributed by atoms with Gasteiger partial charge in [0.15, 0.2) is 6.10 Å². The van der Waals surface area contributed by atoms with Crippen LogP contribution in [0.15, 0.2) is 41.3 Å². The average molecular weight is 324 g/mol. The predicted molar refractivity (Wildman–Crippen MR) is 81.3 cm³/mol. The van der Waals surface area contributed by atoms with Crippen LogP contribution in [-0.2, 0) is 4.79 Å². The molecule has 2 aromatic carbocycles. The summed E-state index contributed by atoms with van der Waals surface area (Å²) in [5.74, 6) is -1.89. The highest BCUT2D eigenvalue weighted by atomic mass is 32.2. The highest BCUT2D eigenvalue weighted by Crippen LogP contribution is 2.33. The maximum atomic E-state index is 13.9. The van der Waals surface area contributed by atoms with E-state index >= 15 is 0 Å². The van der Waals surface area contributed by atoms with Crippen molar-refractivity contribution in [1.29, 1.82) is 0 Å². The zero-order chi connectivity index (χ0) is 16.3. The van der Waals surface area contributed by atoms with Gasteiger partial charge in [0.2, 0.25) is 0 Å². The average Bonchev–Trinajstić information content (AvgIpc) is 2.48. The number of ether oxygens (including phenoxy) is 1. The summed E-state index contributed by atoms with van der Waals surface area (Å²) in [6.07, 6.45) is 0.656. The van der Waals surface area contributed by atoms with Gasteiger partial charge in [-0.2, -0.15) is 0 Å². The number of carboxylic acid groups (broad SMARTS) is 1. The SMILES string of the molecule is CSc1ccc(-c2cc(F)ccc2OC(C)C(=O)O)cc1F. The fourth-order valence-electron chi connectivity index (χ4n) is 1.91. The number of carbonyl (C=O) groups is 1. The first-order valence-electron chi connectivity index (χ1n) is 6.45. The first-order chi connectivity index (χ1) is 10.4. The molecule has 0 aliphatic heterocycles. The van der Waals surface area contributed by atoms with E-state index in [9.17, 15) is 13.6 Å². The van der Waals surface area contributed by atoms with Crippen LogP contribution < -0.4 is 4.74 Å². The van der Waals surface area contributed by atoms with Crippen molar-refractivity contribution in [3.05, 3.63) is 48.0 Å². The Morgan fingerprint density at radius 2 is 1.95 bits per heavy atom. The van der Waals surface area contributed by atoms with Crippen LogP contribution >= 0.6 is 11.8 Å². The van der Waals surface area contributed by atoms with Crippen molar-refractivity contribution in [1.82, 2.24) is 0 Å². The molecule has 1 N–H and O–H groups in total. The Hall–Kier alpha value is -2.08. The summed E-state index contributed by atoms with van der Waals surface area (Å²) >= 11 is 1.26. The quantitative estimate of drug-likeness (QED) is 0.837. The van der Waals surface area contributed by atoms with Crippen LogP contribution in [0.2, 0.25) is 0 Å². The van der Waals surface area contributed by atoms with E-state index in [1.807, 2.05) is 0 Å². The zero-order valence-electron chi connectivity index (χ0n) is 12.0. The fraction of sp³-hybridized carbons (Fsp3) is 0.188. The molecule has 2 rings (SSSR count). The van der Waals surface area contributed by atoms with Crippen LogP contribution in [0.1, 0.15) is 6.92 Å². The van der Waals surface area contributed by atoms with E-state index in [2.05, 4.69) is 0 Å². The predicted octanol–water partition coefficient (Wildman–Crippen LogP) is 4.21. The van der Waals surface area contributed by atoms with E-state index in [1.165, 1.54) is 43.0 Å². The summed E-state index contributed by atoms with van der Waals surface area (Å²) in [4.78, 5) is 11.4. The van der Waals surface area contributed by atoms with Crippen LogP contribution in [-0.4, -0.2) is 23.4 Å². The molecule has 0 saturated carbocycles. The molecule has 22 heavy (non-hydrogen) atoms. The molecule has 1 atom stereocenters. The lowest BCUT2D eigenvalue weighted by Crippen LogP contribution is -2.23. The topological polar surface area (TPSA) is 46.5 Å².